The van der Waals surface area contributed by atoms with Crippen LogP contribution in [0.15, 0.2) is 17.0 Å². The van der Waals surface area contributed by atoms with Crippen molar-refractivity contribution in [1.29, 1.82) is 0 Å². The van der Waals surface area contributed by atoms with E-state index in [-0.39, 0.29) is 11.1 Å². The van der Waals surface area contributed by atoms with E-state index < -0.39 is 31.4 Å². The molecule has 2 N–H and O–H groups in total. The molecular weight excluding hydrogens is 298 g/mol. The van der Waals surface area contributed by atoms with Crippen molar-refractivity contribution in [3.8, 4) is 0 Å². The Hall–Kier alpha value is -2.00. The first-order valence-electron chi connectivity index (χ1n) is 6.16. The van der Waals surface area contributed by atoms with Gasteiger partial charge in [0.05, 0.1) is 15.4 Å². The SMILES string of the molecule is CCCN(C)C(=O)c1cc(S(N)(=O)=O)cc([N+](=O)[O-])c1C. The molecule has 0 unspecified atom stereocenters. The number of sulfonamides is 1. The van der Waals surface area contributed by atoms with Gasteiger partial charge in [-0.25, -0.2) is 13.6 Å². The summed E-state index contributed by atoms with van der Waals surface area (Å²) in [5, 5.41) is 16.0. The Morgan fingerprint density at radius 3 is 2.43 bits per heavy atom. The van der Waals surface area contributed by atoms with Gasteiger partial charge in [0.15, 0.2) is 0 Å². The molecule has 1 aromatic rings. The first-order chi connectivity index (χ1) is 9.59. The van der Waals surface area contributed by atoms with Crippen LogP contribution in [0.3, 0.4) is 0 Å². The molecule has 1 rings (SSSR count). The van der Waals surface area contributed by atoms with Gasteiger partial charge in [0.1, 0.15) is 0 Å². The van der Waals surface area contributed by atoms with Gasteiger partial charge in [-0.3, -0.25) is 14.9 Å². The van der Waals surface area contributed by atoms with Crippen LogP contribution < -0.4 is 5.14 Å². The Kier molecular flexibility index (Phi) is 5.02. The number of nitrogens with two attached hydrogens (primary N) is 1. The summed E-state index contributed by atoms with van der Waals surface area (Å²) in [6, 6.07) is 1.94. The van der Waals surface area contributed by atoms with Gasteiger partial charge in [-0.2, -0.15) is 0 Å². The average molecular weight is 315 g/mol. The van der Waals surface area contributed by atoms with Crippen LogP contribution >= 0.6 is 0 Å². The van der Waals surface area contributed by atoms with Crippen molar-refractivity contribution in [1.82, 2.24) is 4.90 Å². The standard InChI is InChI=1S/C12H17N3O5S/c1-4-5-14(3)12(16)10-6-9(21(13,19)20)7-11(8(10)2)15(17)18/h6-7H,4-5H2,1-3H3,(H2,13,19,20). The maximum Gasteiger partial charge on any atom is 0.274 e. The fourth-order valence-electron chi connectivity index (χ4n) is 1.89. The number of rotatable bonds is 5. The fraction of sp³-hybridized carbons (Fsp3) is 0.417. The number of benzene rings is 1. The van der Waals surface area contributed by atoms with Gasteiger partial charge in [0.2, 0.25) is 10.0 Å². The summed E-state index contributed by atoms with van der Waals surface area (Å²) in [5.41, 5.74) is -0.376. The van der Waals surface area contributed by atoms with Crippen LogP contribution in [-0.4, -0.2) is 37.7 Å². The molecule has 0 heterocycles. The lowest BCUT2D eigenvalue weighted by Crippen LogP contribution is -2.28. The monoisotopic (exact) mass is 315 g/mol. The van der Waals surface area contributed by atoms with E-state index in [0.717, 1.165) is 12.1 Å². The predicted molar refractivity (Wildman–Crippen MR) is 76.5 cm³/mol. The normalized spacial score (nSPS) is 11.2. The van der Waals surface area contributed by atoms with Gasteiger partial charge in [-0.1, -0.05) is 6.92 Å². The molecule has 0 saturated heterocycles. The van der Waals surface area contributed by atoms with E-state index >= 15 is 0 Å². The van der Waals surface area contributed by atoms with E-state index in [2.05, 4.69) is 0 Å². The molecule has 1 aromatic carbocycles. The number of nitrogens with zero attached hydrogens (tertiary/aromatic N) is 2. The predicted octanol–water partition coefficient (Wildman–Crippen LogP) is 1.03. The van der Waals surface area contributed by atoms with E-state index in [1.807, 2.05) is 6.92 Å². The number of carbonyl (C=O) groups excluding carboxylic acids is 1. The lowest BCUT2D eigenvalue weighted by Gasteiger charge is -2.17. The highest BCUT2D eigenvalue weighted by molar-refractivity contribution is 7.89. The minimum absolute atomic E-state index is 0.0378. The summed E-state index contributed by atoms with van der Waals surface area (Å²) < 4.78 is 22.8. The maximum absolute atomic E-state index is 12.3. The average Bonchev–Trinajstić information content (AvgIpc) is 2.36. The highest BCUT2D eigenvalue weighted by atomic mass is 32.2. The van der Waals surface area contributed by atoms with Crippen molar-refractivity contribution in [2.75, 3.05) is 13.6 Å². The number of nitro benzene ring substituents is 1. The summed E-state index contributed by atoms with van der Waals surface area (Å²) in [5.74, 6) is -0.483. The van der Waals surface area contributed by atoms with Crippen molar-refractivity contribution < 1.29 is 18.1 Å². The van der Waals surface area contributed by atoms with E-state index in [1.165, 1.54) is 11.8 Å². The Morgan fingerprint density at radius 2 is 2.00 bits per heavy atom. The molecule has 0 atom stereocenters. The van der Waals surface area contributed by atoms with Gasteiger partial charge in [0.25, 0.3) is 11.6 Å². The van der Waals surface area contributed by atoms with E-state index in [0.29, 0.717) is 13.0 Å². The number of primary sulfonamides is 1. The topological polar surface area (TPSA) is 124 Å². The fourth-order valence-corrected chi connectivity index (χ4v) is 2.45. The summed E-state index contributed by atoms with van der Waals surface area (Å²) in [7, 11) is -2.60. The van der Waals surface area contributed by atoms with E-state index in [1.54, 1.807) is 7.05 Å². The molecular formula is C12H17N3O5S. The number of hydrogen-bond donors (Lipinski definition) is 1. The molecule has 116 valence electrons. The minimum Gasteiger partial charge on any atom is -0.342 e. The Bertz CT molecular complexity index is 684. The van der Waals surface area contributed by atoms with Crippen LogP contribution in [0.25, 0.3) is 0 Å². The maximum atomic E-state index is 12.3. The second kappa shape index (κ2) is 6.19. The highest BCUT2D eigenvalue weighted by Crippen LogP contribution is 2.26. The van der Waals surface area contributed by atoms with Crippen LogP contribution in [0.5, 0.6) is 0 Å². The van der Waals surface area contributed by atoms with Crippen molar-refractivity contribution in [2.24, 2.45) is 5.14 Å². The van der Waals surface area contributed by atoms with Crippen molar-refractivity contribution in [2.45, 2.75) is 25.2 Å². The van der Waals surface area contributed by atoms with Gasteiger partial charge in [-0.15, -0.1) is 0 Å². The van der Waals surface area contributed by atoms with Gasteiger partial charge in [-0.05, 0) is 19.4 Å². The lowest BCUT2D eigenvalue weighted by atomic mass is 10.1. The third kappa shape index (κ3) is 3.76. The lowest BCUT2D eigenvalue weighted by molar-refractivity contribution is -0.385. The Labute approximate surface area is 122 Å². The molecule has 0 fully saturated rings. The zero-order valence-electron chi connectivity index (χ0n) is 12.0. The molecule has 0 aliphatic rings. The zero-order chi connectivity index (χ0) is 16.4. The molecule has 0 aliphatic heterocycles. The van der Waals surface area contributed by atoms with Crippen LogP contribution in [-0.2, 0) is 10.0 Å². The van der Waals surface area contributed by atoms with Crippen molar-refractivity contribution >= 4 is 21.6 Å². The summed E-state index contributed by atoms with van der Waals surface area (Å²) in [4.78, 5) is 23.5. The van der Waals surface area contributed by atoms with E-state index in [9.17, 15) is 23.3 Å². The summed E-state index contributed by atoms with van der Waals surface area (Å²) in [6.45, 7) is 3.73. The summed E-state index contributed by atoms with van der Waals surface area (Å²) in [6.07, 6.45) is 0.707. The number of amides is 1. The molecule has 1 amide bonds. The molecule has 21 heavy (non-hydrogen) atoms. The Morgan fingerprint density at radius 1 is 1.43 bits per heavy atom. The molecule has 8 nitrogen and oxygen atoms in total. The first kappa shape index (κ1) is 17.1. The first-order valence-corrected chi connectivity index (χ1v) is 7.71. The summed E-state index contributed by atoms with van der Waals surface area (Å²) >= 11 is 0. The van der Waals surface area contributed by atoms with E-state index in [4.69, 9.17) is 5.14 Å². The van der Waals surface area contributed by atoms with Gasteiger partial charge >= 0.3 is 0 Å². The smallest absolute Gasteiger partial charge is 0.274 e. The minimum atomic E-state index is -4.14. The number of carbonyl (C=O) groups is 1. The quantitative estimate of drug-likeness (QED) is 0.642. The second-order valence-corrected chi connectivity index (χ2v) is 6.21. The third-order valence-corrected chi connectivity index (χ3v) is 3.91. The van der Waals surface area contributed by atoms with Crippen LogP contribution in [0.4, 0.5) is 5.69 Å². The molecule has 0 aromatic heterocycles. The van der Waals surface area contributed by atoms with Gasteiger partial charge in [0, 0.05) is 25.2 Å². The second-order valence-electron chi connectivity index (χ2n) is 4.64. The third-order valence-electron chi connectivity index (χ3n) is 3.02. The number of nitro groups is 1. The zero-order valence-corrected chi connectivity index (χ0v) is 12.8. The molecule has 9 heteroatoms. The van der Waals surface area contributed by atoms with Crippen LogP contribution in [0.1, 0.15) is 29.3 Å². The van der Waals surface area contributed by atoms with Crippen LogP contribution in [0.2, 0.25) is 0 Å². The molecule has 0 spiro atoms. The highest BCUT2D eigenvalue weighted by Gasteiger charge is 2.25. The van der Waals surface area contributed by atoms with Crippen LogP contribution in [0, 0.1) is 17.0 Å². The van der Waals surface area contributed by atoms with Gasteiger partial charge < -0.3 is 4.90 Å². The Balaban J connectivity index is 3.54. The number of hydrogen-bond acceptors (Lipinski definition) is 5. The van der Waals surface area contributed by atoms with Crippen molar-refractivity contribution in [3.63, 3.8) is 0 Å². The molecule has 0 radical (unpaired) electrons. The molecule has 0 bridgehead atoms. The molecule has 0 aliphatic carbocycles. The molecule has 0 saturated carbocycles. The largest absolute Gasteiger partial charge is 0.342 e. The van der Waals surface area contributed by atoms with Crippen molar-refractivity contribution in [3.05, 3.63) is 33.4 Å².